The molecule has 0 spiro atoms. The lowest BCUT2D eigenvalue weighted by atomic mass is 10.2. The van der Waals surface area contributed by atoms with Crippen molar-refractivity contribution in [1.82, 2.24) is 5.43 Å². The van der Waals surface area contributed by atoms with Gasteiger partial charge >= 0.3 is 0 Å². The second kappa shape index (κ2) is 7.47. The topological polar surface area (TPSA) is 73.7 Å². The van der Waals surface area contributed by atoms with Crippen LogP contribution in [0.2, 0.25) is 5.02 Å². The summed E-state index contributed by atoms with van der Waals surface area (Å²) in [5.41, 5.74) is 3.74. The highest BCUT2D eigenvalue weighted by Crippen LogP contribution is 2.14. The van der Waals surface area contributed by atoms with Crippen LogP contribution in [0.4, 0.5) is 5.69 Å². The number of phenols is 1. The number of phenolic OH excluding ortho intramolecular Hbond substituents is 1. The largest absolute Gasteiger partial charge is 0.507 e. The maximum absolute atomic E-state index is 11.9. The third-order valence-corrected chi connectivity index (χ3v) is 3.19. The maximum atomic E-state index is 11.9. The molecule has 2 aromatic rings. The molecule has 5 nitrogen and oxygen atoms in total. The van der Waals surface area contributed by atoms with Crippen LogP contribution in [-0.4, -0.2) is 23.3 Å². The Balaban J connectivity index is 1.89. The lowest BCUT2D eigenvalue weighted by Gasteiger charge is -2.13. The molecule has 0 aliphatic carbocycles. The highest BCUT2D eigenvalue weighted by atomic mass is 35.5. The minimum atomic E-state index is -0.470. The van der Waals surface area contributed by atoms with Crippen molar-refractivity contribution < 1.29 is 9.90 Å². The Kier molecular flexibility index (Phi) is 5.38. The van der Waals surface area contributed by atoms with Crippen molar-refractivity contribution in [3.63, 3.8) is 0 Å². The van der Waals surface area contributed by atoms with Crippen LogP contribution >= 0.6 is 11.6 Å². The molecule has 0 fully saturated rings. The Morgan fingerprint density at radius 1 is 1.23 bits per heavy atom. The van der Waals surface area contributed by atoms with Gasteiger partial charge in [-0.25, -0.2) is 5.43 Å². The number of carbonyl (C=O) groups excluding carboxylic acids is 1. The van der Waals surface area contributed by atoms with Crippen molar-refractivity contribution >= 4 is 29.4 Å². The zero-order valence-corrected chi connectivity index (χ0v) is 12.7. The van der Waals surface area contributed by atoms with E-state index in [9.17, 15) is 9.90 Å². The predicted octanol–water partition coefficient (Wildman–Crippen LogP) is 3.00. The fourth-order valence-corrected chi connectivity index (χ4v) is 1.85. The molecular weight excluding hydrogens is 302 g/mol. The van der Waals surface area contributed by atoms with E-state index in [2.05, 4.69) is 15.8 Å². The van der Waals surface area contributed by atoms with Gasteiger partial charge in [0.1, 0.15) is 11.8 Å². The maximum Gasteiger partial charge on any atom is 0.262 e. The SMILES string of the molecule is CC(Nc1ccc(Cl)cc1)C(=O)N/N=C/c1ccccc1O. The molecule has 0 radical (unpaired) electrons. The molecule has 0 saturated carbocycles. The molecule has 6 heteroatoms. The number of nitrogens with one attached hydrogen (secondary N) is 2. The molecule has 2 rings (SSSR count). The van der Waals surface area contributed by atoms with E-state index in [0.717, 1.165) is 5.69 Å². The molecule has 0 saturated heterocycles. The Labute approximate surface area is 133 Å². The number of benzene rings is 2. The first-order chi connectivity index (χ1) is 10.6. The van der Waals surface area contributed by atoms with Gasteiger partial charge in [-0.15, -0.1) is 0 Å². The van der Waals surface area contributed by atoms with Gasteiger partial charge < -0.3 is 10.4 Å². The van der Waals surface area contributed by atoms with E-state index in [1.165, 1.54) is 6.21 Å². The lowest BCUT2D eigenvalue weighted by molar-refractivity contribution is -0.121. The van der Waals surface area contributed by atoms with Crippen LogP contribution in [0.15, 0.2) is 53.6 Å². The monoisotopic (exact) mass is 317 g/mol. The fourth-order valence-electron chi connectivity index (χ4n) is 1.72. The van der Waals surface area contributed by atoms with Crippen molar-refractivity contribution in [2.24, 2.45) is 5.10 Å². The molecule has 114 valence electrons. The molecule has 3 N–H and O–H groups in total. The predicted molar refractivity (Wildman–Crippen MR) is 88.4 cm³/mol. The number of hydrazone groups is 1. The van der Waals surface area contributed by atoms with Gasteiger partial charge in [-0.3, -0.25) is 4.79 Å². The number of amides is 1. The molecular formula is C16H16ClN3O2. The minimum Gasteiger partial charge on any atom is -0.507 e. The van der Waals surface area contributed by atoms with Crippen LogP contribution in [0.3, 0.4) is 0 Å². The second-order valence-electron chi connectivity index (χ2n) is 4.67. The van der Waals surface area contributed by atoms with Gasteiger partial charge in [-0.05, 0) is 43.3 Å². The smallest absolute Gasteiger partial charge is 0.262 e. The molecule has 1 amide bonds. The number of rotatable bonds is 5. The average Bonchev–Trinajstić information content (AvgIpc) is 2.51. The zero-order valence-electron chi connectivity index (χ0n) is 12.0. The number of para-hydroxylation sites is 1. The van der Waals surface area contributed by atoms with Crippen LogP contribution in [0.5, 0.6) is 5.75 Å². The van der Waals surface area contributed by atoms with E-state index in [-0.39, 0.29) is 11.7 Å². The Morgan fingerprint density at radius 2 is 1.91 bits per heavy atom. The lowest BCUT2D eigenvalue weighted by Crippen LogP contribution is -2.34. The molecule has 22 heavy (non-hydrogen) atoms. The van der Waals surface area contributed by atoms with Crippen LogP contribution in [0, 0.1) is 0 Å². The number of hydrogen-bond donors (Lipinski definition) is 3. The summed E-state index contributed by atoms with van der Waals surface area (Å²) in [6.07, 6.45) is 1.39. The summed E-state index contributed by atoms with van der Waals surface area (Å²) in [4.78, 5) is 11.9. The number of carbonyl (C=O) groups is 1. The molecule has 1 unspecified atom stereocenters. The van der Waals surface area contributed by atoms with E-state index in [4.69, 9.17) is 11.6 Å². The van der Waals surface area contributed by atoms with Gasteiger partial charge in [0.05, 0.1) is 6.21 Å². The van der Waals surface area contributed by atoms with Gasteiger partial charge in [-0.2, -0.15) is 5.10 Å². The van der Waals surface area contributed by atoms with E-state index in [1.54, 1.807) is 55.5 Å². The quantitative estimate of drug-likeness (QED) is 0.586. The normalized spacial score (nSPS) is 12.1. The average molecular weight is 318 g/mol. The summed E-state index contributed by atoms with van der Waals surface area (Å²) in [7, 11) is 0. The summed E-state index contributed by atoms with van der Waals surface area (Å²) in [5, 5.41) is 17.1. The number of hydrogen-bond acceptors (Lipinski definition) is 4. The third-order valence-electron chi connectivity index (χ3n) is 2.94. The number of nitrogens with zero attached hydrogens (tertiary/aromatic N) is 1. The van der Waals surface area contributed by atoms with Gasteiger partial charge in [0.2, 0.25) is 0 Å². The third kappa shape index (κ3) is 4.49. The molecule has 2 aromatic carbocycles. The Morgan fingerprint density at radius 3 is 2.59 bits per heavy atom. The van der Waals surface area contributed by atoms with Gasteiger partial charge in [-0.1, -0.05) is 23.7 Å². The highest BCUT2D eigenvalue weighted by molar-refractivity contribution is 6.30. The van der Waals surface area contributed by atoms with E-state index in [0.29, 0.717) is 10.6 Å². The van der Waals surface area contributed by atoms with Crippen molar-refractivity contribution in [3.8, 4) is 5.75 Å². The van der Waals surface area contributed by atoms with Gasteiger partial charge in [0.25, 0.3) is 5.91 Å². The van der Waals surface area contributed by atoms with E-state index < -0.39 is 6.04 Å². The van der Waals surface area contributed by atoms with Gasteiger partial charge in [0, 0.05) is 16.3 Å². The van der Waals surface area contributed by atoms with E-state index >= 15 is 0 Å². The fraction of sp³-hybridized carbons (Fsp3) is 0.125. The Bertz CT molecular complexity index is 671. The van der Waals surface area contributed by atoms with Crippen LogP contribution in [0.25, 0.3) is 0 Å². The minimum absolute atomic E-state index is 0.104. The molecule has 0 aliphatic rings. The van der Waals surface area contributed by atoms with Crippen molar-refractivity contribution in [2.45, 2.75) is 13.0 Å². The summed E-state index contributed by atoms with van der Waals surface area (Å²) in [5.74, 6) is -0.186. The molecule has 0 heterocycles. The summed E-state index contributed by atoms with van der Waals surface area (Å²) < 4.78 is 0. The van der Waals surface area contributed by atoms with Crippen molar-refractivity contribution in [2.75, 3.05) is 5.32 Å². The molecule has 1 atom stereocenters. The van der Waals surface area contributed by atoms with Crippen molar-refractivity contribution in [3.05, 3.63) is 59.1 Å². The summed E-state index contributed by atoms with van der Waals surface area (Å²) >= 11 is 5.80. The first kappa shape index (κ1) is 15.9. The van der Waals surface area contributed by atoms with Crippen LogP contribution in [0.1, 0.15) is 12.5 Å². The molecule has 0 aromatic heterocycles. The first-order valence-corrected chi connectivity index (χ1v) is 7.07. The Hall–Kier alpha value is -2.53. The molecule has 0 aliphatic heterocycles. The van der Waals surface area contributed by atoms with Crippen LogP contribution in [-0.2, 0) is 4.79 Å². The standard InChI is InChI=1S/C16H16ClN3O2/c1-11(19-14-8-6-13(17)7-9-14)16(22)20-18-10-12-4-2-3-5-15(12)21/h2-11,19,21H,1H3,(H,20,22)/b18-10+. The number of aromatic hydroxyl groups is 1. The zero-order chi connectivity index (χ0) is 15.9. The van der Waals surface area contributed by atoms with Gasteiger partial charge in [0.15, 0.2) is 0 Å². The van der Waals surface area contributed by atoms with Crippen LogP contribution < -0.4 is 10.7 Å². The highest BCUT2D eigenvalue weighted by Gasteiger charge is 2.11. The molecule has 0 bridgehead atoms. The van der Waals surface area contributed by atoms with Crippen molar-refractivity contribution in [1.29, 1.82) is 0 Å². The summed E-state index contributed by atoms with van der Waals surface area (Å²) in [6.45, 7) is 1.72. The van der Waals surface area contributed by atoms with E-state index in [1.807, 2.05) is 0 Å². The summed E-state index contributed by atoms with van der Waals surface area (Å²) in [6, 6.07) is 13.3. The first-order valence-electron chi connectivity index (χ1n) is 6.69. The second-order valence-corrected chi connectivity index (χ2v) is 5.10. The number of halogens is 1. The number of anilines is 1.